The SMILES string of the molecule is Cc1cc(C)nc(SCc2cccc(C(N)=NO)c2)n1. The van der Waals surface area contributed by atoms with Gasteiger partial charge in [0, 0.05) is 22.7 Å². The van der Waals surface area contributed by atoms with Crippen LogP contribution in [0.3, 0.4) is 0 Å². The van der Waals surface area contributed by atoms with E-state index in [-0.39, 0.29) is 5.84 Å². The quantitative estimate of drug-likeness (QED) is 0.225. The topological polar surface area (TPSA) is 84.4 Å². The van der Waals surface area contributed by atoms with Gasteiger partial charge in [0.2, 0.25) is 0 Å². The third kappa shape index (κ3) is 3.71. The van der Waals surface area contributed by atoms with Crippen LogP contribution in [0.2, 0.25) is 0 Å². The summed E-state index contributed by atoms with van der Waals surface area (Å²) in [5.41, 5.74) is 9.28. The molecule has 0 saturated carbocycles. The van der Waals surface area contributed by atoms with Crippen LogP contribution in [-0.4, -0.2) is 21.0 Å². The summed E-state index contributed by atoms with van der Waals surface area (Å²) in [7, 11) is 0. The van der Waals surface area contributed by atoms with Crippen molar-refractivity contribution in [2.45, 2.75) is 24.8 Å². The van der Waals surface area contributed by atoms with Gasteiger partial charge in [-0.25, -0.2) is 9.97 Å². The predicted octanol–water partition coefficient (Wildman–Crippen LogP) is 2.48. The number of nitrogens with two attached hydrogens (primary N) is 1. The first-order chi connectivity index (χ1) is 9.58. The van der Waals surface area contributed by atoms with Crippen molar-refractivity contribution in [3.05, 3.63) is 52.8 Å². The highest BCUT2D eigenvalue weighted by atomic mass is 32.2. The number of hydrogen-bond acceptors (Lipinski definition) is 5. The molecule has 104 valence electrons. The standard InChI is InChI=1S/C14H16N4OS/c1-9-6-10(2)17-14(16-9)20-8-11-4-3-5-12(7-11)13(15)18-19/h3-7,19H,8H2,1-2H3,(H2,15,18). The van der Waals surface area contributed by atoms with Crippen LogP contribution in [-0.2, 0) is 5.75 Å². The van der Waals surface area contributed by atoms with E-state index >= 15 is 0 Å². The third-order valence-corrected chi connectivity index (χ3v) is 3.58. The molecule has 0 saturated heterocycles. The van der Waals surface area contributed by atoms with Crippen LogP contribution in [0.5, 0.6) is 0 Å². The molecule has 6 heteroatoms. The number of aromatic nitrogens is 2. The summed E-state index contributed by atoms with van der Waals surface area (Å²) in [5.74, 6) is 0.842. The van der Waals surface area contributed by atoms with Crippen LogP contribution in [0.25, 0.3) is 0 Å². The normalized spacial score (nSPS) is 11.6. The van der Waals surface area contributed by atoms with E-state index in [1.807, 2.05) is 38.1 Å². The number of hydrogen-bond donors (Lipinski definition) is 2. The van der Waals surface area contributed by atoms with E-state index < -0.39 is 0 Å². The largest absolute Gasteiger partial charge is 0.409 e. The Morgan fingerprint density at radius 3 is 2.60 bits per heavy atom. The van der Waals surface area contributed by atoms with Crippen LogP contribution in [0.4, 0.5) is 0 Å². The molecule has 2 rings (SSSR count). The highest BCUT2D eigenvalue weighted by Crippen LogP contribution is 2.20. The van der Waals surface area contributed by atoms with E-state index in [9.17, 15) is 0 Å². The summed E-state index contributed by atoms with van der Waals surface area (Å²) in [6, 6.07) is 9.51. The molecule has 0 aliphatic carbocycles. The lowest BCUT2D eigenvalue weighted by Crippen LogP contribution is -2.13. The zero-order chi connectivity index (χ0) is 14.5. The molecule has 1 aromatic heterocycles. The van der Waals surface area contributed by atoms with E-state index in [1.165, 1.54) is 0 Å². The van der Waals surface area contributed by atoms with Gasteiger partial charge in [0.25, 0.3) is 0 Å². The molecular weight excluding hydrogens is 272 g/mol. The minimum absolute atomic E-state index is 0.111. The molecule has 5 nitrogen and oxygen atoms in total. The predicted molar refractivity (Wildman–Crippen MR) is 80.0 cm³/mol. The Hall–Kier alpha value is -2.08. The fourth-order valence-electron chi connectivity index (χ4n) is 1.78. The van der Waals surface area contributed by atoms with Crippen molar-refractivity contribution in [1.29, 1.82) is 0 Å². The zero-order valence-electron chi connectivity index (χ0n) is 11.4. The molecule has 20 heavy (non-hydrogen) atoms. The highest BCUT2D eigenvalue weighted by Gasteiger charge is 2.04. The average molecular weight is 288 g/mol. The summed E-state index contributed by atoms with van der Waals surface area (Å²) in [5, 5.41) is 12.5. The molecule has 3 N–H and O–H groups in total. The van der Waals surface area contributed by atoms with E-state index in [0.717, 1.165) is 27.9 Å². The second-order valence-corrected chi connectivity index (χ2v) is 5.35. The Morgan fingerprint density at radius 2 is 1.95 bits per heavy atom. The molecule has 0 bridgehead atoms. The Morgan fingerprint density at radius 1 is 1.25 bits per heavy atom. The highest BCUT2D eigenvalue weighted by molar-refractivity contribution is 7.98. The molecule has 0 spiro atoms. The van der Waals surface area contributed by atoms with Crippen molar-refractivity contribution < 1.29 is 5.21 Å². The lowest BCUT2D eigenvalue weighted by atomic mass is 10.1. The Kier molecular flexibility index (Phi) is 4.57. The van der Waals surface area contributed by atoms with E-state index in [0.29, 0.717) is 5.56 Å². The summed E-state index contributed by atoms with van der Waals surface area (Å²) in [6.45, 7) is 3.91. The summed E-state index contributed by atoms with van der Waals surface area (Å²) in [4.78, 5) is 8.77. The maximum absolute atomic E-state index is 8.69. The molecule has 0 unspecified atom stereocenters. The monoisotopic (exact) mass is 288 g/mol. The van der Waals surface area contributed by atoms with Crippen LogP contribution < -0.4 is 5.73 Å². The van der Waals surface area contributed by atoms with E-state index in [4.69, 9.17) is 10.9 Å². The lowest BCUT2D eigenvalue weighted by Gasteiger charge is -2.05. The van der Waals surface area contributed by atoms with Gasteiger partial charge in [-0.15, -0.1) is 0 Å². The van der Waals surface area contributed by atoms with Crippen molar-refractivity contribution >= 4 is 17.6 Å². The molecule has 0 aliphatic rings. The fourth-order valence-corrected chi connectivity index (χ4v) is 2.68. The van der Waals surface area contributed by atoms with Gasteiger partial charge in [-0.1, -0.05) is 35.1 Å². The van der Waals surface area contributed by atoms with Crippen LogP contribution >= 0.6 is 11.8 Å². The van der Waals surface area contributed by atoms with Gasteiger partial charge in [0.1, 0.15) is 0 Å². The van der Waals surface area contributed by atoms with Gasteiger partial charge < -0.3 is 10.9 Å². The first-order valence-electron chi connectivity index (χ1n) is 6.10. The number of benzene rings is 1. The summed E-state index contributed by atoms with van der Waals surface area (Å²) in [6.07, 6.45) is 0. The number of oxime groups is 1. The minimum Gasteiger partial charge on any atom is -0.409 e. The molecule has 0 radical (unpaired) electrons. The molecule has 1 aromatic carbocycles. The van der Waals surface area contributed by atoms with Gasteiger partial charge in [-0.05, 0) is 31.5 Å². The first kappa shape index (κ1) is 14.3. The summed E-state index contributed by atoms with van der Waals surface area (Å²) >= 11 is 1.56. The van der Waals surface area contributed by atoms with Crippen LogP contribution in [0.15, 0.2) is 40.6 Å². The fraction of sp³-hybridized carbons (Fsp3) is 0.214. The zero-order valence-corrected chi connectivity index (χ0v) is 12.2. The second kappa shape index (κ2) is 6.38. The molecule has 0 amide bonds. The van der Waals surface area contributed by atoms with Crippen molar-refractivity contribution in [3.8, 4) is 0 Å². The Balaban J connectivity index is 2.11. The number of thioether (sulfide) groups is 1. The molecule has 1 heterocycles. The number of rotatable bonds is 4. The number of amidine groups is 1. The van der Waals surface area contributed by atoms with Gasteiger partial charge in [-0.3, -0.25) is 0 Å². The van der Waals surface area contributed by atoms with Crippen molar-refractivity contribution in [2.24, 2.45) is 10.9 Å². The molecular formula is C14H16N4OS. The third-order valence-electron chi connectivity index (χ3n) is 2.66. The van der Waals surface area contributed by atoms with E-state index in [2.05, 4.69) is 15.1 Å². The summed E-state index contributed by atoms with van der Waals surface area (Å²) < 4.78 is 0. The smallest absolute Gasteiger partial charge is 0.188 e. The average Bonchev–Trinajstić information content (AvgIpc) is 2.43. The molecule has 0 atom stereocenters. The first-order valence-corrected chi connectivity index (χ1v) is 7.09. The van der Waals surface area contributed by atoms with Gasteiger partial charge >= 0.3 is 0 Å². The lowest BCUT2D eigenvalue weighted by molar-refractivity contribution is 0.318. The Labute approximate surface area is 121 Å². The van der Waals surface area contributed by atoms with Gasteiger partial charge in [0.15, 0.2) is 11.0 Å². The second-order valence-electron chi connectivity index (χ2n) is 4.41. The van der Waals surface area contributed by atoms with Crippen LogP contribution in [0.1, 0.15) is 22.5 Å². The van der Waals surface area contributed by atoms with Gasteiger partial charge in [-0.2, -0.15) is 0 Å². The maximum Gasteiger partial charge on any atom is 0.188 e. The maximum atomic E-state index is 8.69. The van der Waals surface area contributed by atoms with Gasteiger partial charge in [0.05, 0.1) is 0 Å². The number of nitrogens with zero attached hydrogens (tertiary/aromatic N) is 3. The number of aryl methyl sites for hydroxylation is 2. The molecule has 2 aromatic rings. The van der Waals surface area contributed by atoms with Crippen molar-refractivity contribution in [3.63, 3.8) is 0 Å². The van der Waals surface area contributed by atoms with Crippen molar-refractivity contribution in [1.82, 2.24) is 9.97 Å². The van der Waals surface area contributed by atoms with Crippen LogP contribution in [0, 0.1) is 13.8 Å². The van der Waals surface area contributed by atoms with Crippen molar-refractivity contribution in [2.75, 3.05) is 0 Å². The Bertz CT molecular complexity index is 623. The molecule has 0 aliphatic heterocycles. The van der Waals surface area contributed by atoms with E-state index in [1.54, 1.807) is 17.8 Å². The molecule has 0 fully saturated rings. The minimum atomic E-state index is 0.111.